The summed E-state index contributed by atoms with van der Waals surface area (Å²) in [4.78, 5) is 0. The van der Waals surface area contributed by atoms with Gasteiger partial charge >= 0.3 is 0 Å². The summed E-state index contributed by atoms with van der Waals surface area (Å²) in [5, 5.41) is 8.18. The average molecular weight is 288 g/mol. The van der Waals surface area contributed by atoms with E-state index in [4.69, 9.17) is 10.5 Å². The van der Waals surface area contributed by atoms with Crippen LogP contribution in [0.5, 0.6) is 5.75 Å². The van der Waals surface area contributed by atoms with Gasteiger partial charge < -0.3 is 10.5 Å². The quantitative estimate of drug-likeness (QED) is 0.796. The molecular weight excluding hydrogens is 264 g/mol. The molecule has 21 heavy (non-hydrogen) atoms. The number of hydrogen-bond donors (Lipinski definition) is 1. The molecule has 5 heteroatoms. The number of aryl methyl sites for hydroxylation is 3. The van der Waals surface area contributed by atoms with Crippen molar-refractivity contribution in [3.8, 4) is 5.75 Å². The van der Waals surface area contributed by atoms with Gasteiger partial charge in [0.2, 0.25) is 0 Å². The van der Waals surface area contributed by atoms with E-state index in [0.717, 1.165) is 30.8 Å². The van der Waals surface area contributed by atoms with Crippen LogP contribution in [0.15, 0.2) is 24.4 Å². The molecule has 0 bridgehead atoms. The van der Waals surface area contributed by atoms with Gasteiger partial charge in [0.25, 0.3) is 0 Å². The molecule has 0 aliphatic rings. The molecule has 0 fully saturated rings. The summed E-state index contributed by atoms with van der Waals surface area (Å²) in [6, 6.07) is 6.14. The van der Waals surface area contributed by atoms with E-state index in [1.165, 1.54) is 11.1 Å². The SMILES string of the molecule is CCC(N)c1cn(CCCOc2ccc(C)c(C)c2)nn1. The molecule has 1 aromatic heterocycles. The van der Waals surface area contributed by atoms with Gasteiger partial charge in [-0.2, -0.15) is 0 Å². The van der Waals surface area contributed by atoms with E-state index in [0.29, 0.717) is 6.61 Å². The molecule has 0 radical (unpaired) electrons. The Morgan fingerprint density at radius 3 is 2.81 bits per heavy atom. The molecule has 1 aromatic carbocycles. The van der Waals surface area contributed by atoms with Crippen molar-refractivity contribution in [2.45, 2.75) is 46.2 Å². The molecular formula is C16H24N4O. The zero-order chi connectivity index (χ0) is 15.2. The molecule has 2 N–H and O–H groups in total. The fourth-order valence-electron chi connectivity index (χ4n) is 2.02. The zero-order valence-electron chi connectivity index (χ0n) is 13.0. The van der Waals surface area contributed by atoms with Gasteiger partial charge in [-0.1, -0.05) is 18.2 Å². The van der Waals surface area contributed by atoms with Crippen molar-refractivity contribution in [3.63, 3.8) is 0 Å². The van der Waals surface area contributed by atoms with E-state index in [1.807, 2.05) is 23.9 Å². The number of hydrogen-bond acceptors (Lipinski definition) is 4. The molecule has 0 saturated heterocycles. The van der Waals surface area contributed by atoms with E-state index in [9.17, 15) is 0 Å². The first-order valence-electron chi connectivity index (χ1n) is 7.45. The second kappa shape index (κ2) is 7.22. The lowest BCUT2D eigenvalue weighted by molar-refractivity contribution is 0.297. The maximum absolute atomic E-state index is 5.92. The predicted octanol–water partition coefficient (Wildman–Crippen LogP) is 2.77. The highest BCUT2D eigenvalue weighted by atomic mass is 16.5. The molecule has 1 atom stereocenters. The lowest BCUT2D eigenvalue weighted by Crippen LogP contribution is -2.09. The minimum Gasteiger partial charge on any atom is -0.494 e. The molecule has 0 aliphatic heterocycles. The van der Waals surface area contributed by atoms with Crippen molar-refractivity contribution >= 4 is 0 Å². The van der Waals surface area contributed by atoms with Gasteiger partial charge in [-0.05, 0) is 43.5 Å². The Bertz CT molecular complexity index is 579. The molecule has 2 aromatic rings. The second-order valence-electron chi connectivity index (χ2n) is 5.37. The molecule has 1 unspecified atom stereocenters. The molecule has 114 valence electrons. The monoisotopic (exact) mass is 288 g/mol. The highest BCUT2D eigenvalue weighted by Gasteiger charge is 2.07. The lowest BCUT2D eigenvalue weighted by Gasteiger charge is -2.08. The highest BCUT2D eigenvalue weighted by Crippen LogP contribution is 2.16. The summed E-state index contributed by atoms with van der Waals surface area (Å²) in [6.07, 6.45) is 3.68. The standard InChI is InChI=1S/C16H24N4O/c1-4-15(17)16-11-20(19-18-16)8-5-9-21-14-7-6-12(2)13(3)10-14/h6-7,10-11,15H,4-5,8-9,17H2,1-3H3. The molecule has 0 saturated carbocycles. The first-order chi connectivity index (χ1) is 10.1. The second-order valence-corrected chi connectivity index (χ2v) is 5.37. The summed E-state index contributed by atoms with van der Waals surface area (Å²) in [5.41, 5.74) is 9.31. The molecule has 0 aliphatic carbocycles. The zero-order valence-corrected chi connectivity index (χ0v) is 13.0. The Hall–Kier alpha value is -1.88. The van der Waals surface area contributed by atoms with Crippen LogP contribution in [-0.2, 0) is 6.54 Å². The first kappa shape index (κ1) is 15.5. The van der Waals surface area contributed by atoms with E-state index in [2.05, 4.69) is 36.3 Å². The summed E-state index contributed by atoms with van der Waals surface area (Å²) < 4.78 is 7.58. The number of aromatic nitrogens is 3. The van der Waals surface area contributed by atoms with Crippen LogP contribution >= 0.6 is 0 Å². The summed E-state index contributed by atoms with van der Waals surface area (Å²) in [6.45, 7) is 7.69. The number of ether oxygens (including phenoxy) is 1. The number of benzene rings is 1. The fourth-order valence-corrected chi connectivity index (χ4v) is 2.02. The summed E-state index contributed by atoms with van der Waals surface area (Å²) in [5.74, 6) is 0.922. The van der Waals surface area contributed by atoms with Crippen LogP contribution < -0.4 is 10.5 Å². The maximum Gasteiger partial charge on any atom is 0.119 e. The average Bonchev–Trinajstić information content (AvgIpc) is 2.95. The largest absolute Gasteiger partial charge is 0.494 e. The van der Waals surface area contributed by atoms with Gasteiger partial charge in [0.05, 0.1) is 24.5 Å². The van der Waals surface area contributed by atoms with Crippen molar-refractivity contribution in [2.75, 3.05) is 6.61 Å². The molecule has 0 spiro atoms. The van der Waals surface area contributed by atoms with Gasteiger partial charge in [-0.25, -0.2) is 0 Å². The van der Waals surface area contributed by atoms with E-state index in [-0.39, 0.29) is 6.04 Å². The maximum atomic E-state index is 5.92. The minimum atomic E-state index is -0.0227. The number of rotatable bonds is 7. The van der Waals surface area contributed by atoms with Crippen molar-refractivity contribution in [3.05, 3.63) is 41.2 Å². The van der Waals surface area contributed by atoms with Gasteiger partial charge in [0.15, 0.2) is 0 Å². The molecule has 0 amide bonds. The van der Waals surface area contributed by atoms with Crippen molar-refractivity contribution < 1.29 is 4.74 Å². The Morgan fingerprint density at radius 1 is 1.29 bits per heavy atom. The van der Waals surface area contributed by atoms with E-state index >= 15 is 0 Å². The fraction of sp³-hybridized carbons (Fsp3) is 0.500. The Kier molecular flexibility index (Phi) is 5.33. The topological polar surface area (TPSA) is 66.0 Å². The molecule has 2 rings (SSSR count). The Morgan fingerprint density at radius 2 is 2.10 bits per heavy atom. The van der Waals surface area contributed by atoms with Crippen LogP contribution in [0.2, 0.25) is 0 Å². The van der Waals surface area contributed by atoms with Crippen LogP contribution in [0.4, 0.5) is 0 Å². The Balaban J connectivity index is 1.76. The molecule has 1 heterocycles. The van der Waals surface area contributed by atoms with Crippen LogP contribution in [0.25, 0.3) is 0 Å². The van der Waals surface area contributed by atoms with Crippen LogP contribution in [0, 0.1) is 13.8 Å². The van der Waals surface area contributed by atoms with Gasteiger partial charge in [-0.15, -0.1) is 5.10 Å². The normalized spacial score (nSPS) is 12.4. The number of nitrogens with zero attached hydrogens (tertiary/aromatic N) is 3. The van der Waals surface area contributed by atoms with Crippen molar-refractivity contribution in [1.82, 2.24) is 15.0 Å². The van der Waals surface area contributed by atoms with Crippen LogP contribution in [0.1, 0.15) is 42.6 Å². The first-order valence-corrected chi connectivity index (χ1v) is 7.45. The van der Waals surface area contributed by atoms with Gasteiger partial charge in [0.1, 0.15) is 5.75 Å². The third kappa shape index (κ3) is 4.29. The third-order valence-corrected chi connectivity index (χ3v) is 3.65. The van der Waals surface area contributed by atoms with E-state index in [1.54, 1.807) is 0 Å². The minimum absolute atomic E-state index is 0.0227. The van der Waals surface area contributed by atoms with Gasteiger partial charge in [0, 0.05) is 13.0 Å². The van der Waals surface area contributed by atoms with Crippen LogP contribution in [0.3, 0.4) is 0 Å². The predicted molar refractivity (Wildman–Crippen MR) is 83.3 cm³/mol. The lowest BCUT2D eigenvalue weighted by atomic mass is 10.1. The smallest absolute Gasteiger partial charge is 0.119 e. The molecule has 5 nitrogen and oxygen atoms in total. The van der Waals surface area contributed by atoms with Crippen molar-refractivity contribution in [1.29, 1.82) is 0 Å². The summed E-state index contributed by atoms with van der Waals surface area (Å²) >= 11 is 0. The Labute approximate surface area is 126 Å². The number of nitrogens with two attached hydrogens (primary N) is 1. The van der Waals surface area contributed by atoms with Gasteiger partial charge in [-0.3, -0.25) is 4.68 Å². The van der Waals surface area contributed by atoms with E-state index < -0.39 is 0 Å². The highest BCUT2D eigenvalue weighted by molar-refractivity contribution is 5.33. The van der Waals surface area contributed by atoms with Crippen LogP contribution in [-0.4, -0.2) is 21.6 Å². The summed E-state index contributed by atoms with van der Waals surface area (Å²) in [7, 11) is 0. The third-order valence-electron chi connectivity index (χ3n) is 3.65. The van der Waals surface area contributed by atoms with Crippen molar-refractivity contribution in [2.24, 2.45) is 5.73 Å².